The standard InChI is InChI=1S/C31H33N3O7/c1-22-7-6-16-32-31(22)41-27-12-10-24(11-13-27)17-23(2)33(36)19-26(35)21-39-28-14-15-30(29(18-28)34(37)38)40-20-25-8-4-3-5-9-25/h3-16,18,23,26,35-36H,17,19-21H2,1-2H3/t23-,26-/m0/s1. The van der Waals surface area contributed by atoms with Crippen molar-refractivity contribution in [2.45, 2.75) is 39.0 Å². The Bertz CT molecular complexity index is 1420. The van der Waals surface area contributed by atoms with E-state index in [0.29, 0.717) is 18.1 Å². The first kappa shape index (κ1) is 29.5. The van der Waals surface area contributed by atoms with Gasteiger partial charge in [-0.3, -0.25) is 10.1 Å². The van der Waals surface area contributed by atoms with Crippen LogP contribution in [0.15, 0.2) is 91.1 Å². The van der Waals surface area contributed by atoms with Gasteiger partial charge in [0.15, 0.2) is 5.75 Å². The molecule has 10 heteroatoms. The first-order valence-electron chi connectivity index (χ1n) is 13.2. The summed E-state index contributed by atoms with van der Waals surface area (Å²) in [6, 6.07) is 24.6. The van der Waals surface area contributed by atoms with E-state index >= 15 is 0 Å². The SMILES string of the molecule is Cc1cccnc1Oc1ccc(C[C@H](C)N(O)C[C@H](O)COc2ccc(OCc3ccccc3)c([N+](=O)[O-])c2)cc1. The predicted octanol–water partition coefficient (Wildman–Crippen LogP) is 5.73. The lowest BCUT2D eigenvalue weighted by molar-refractivity contribution is -0.386. The van der Waals surface area contributed by atoms with Crippen LogP contribution >= 0.6 is 0 Å². The summed E-state index contributed by atoms with van der Waals surface area (Å²) in [5.41, 5.74) is 2.56. The van der Waals surface area contributed by atoms with Crippen LogP contribution in [0, 0.1) is 17.0 Å². The number of aliphatic hydroxyl groups is 1. The van der Waals surface area contributed by atoms with E-state index in [1.165, 1.54) is 12.1 Å². The van der Waals surface area contributed by atoms with E-state index < -0.39 is 11.0 Å². The summed E-state index contributed by atoms with van der Waals surface area (Å²) in [6.45, 7) is 3.73. The normalized spacial score (nSPS) is 12.5. The van der Waals surface area contributed by atoms with Crippen molar-refractivity contribution in [2.75, 3.05) is 13.2 Å². The number of nitro benzene ring substituents is 1. The van der Waals surface area contributed by atoms with E-state index in [1.54, 1.807) is 12.3 Å². The van der Waals surface area contributed by atoms with Crippen molar-refractivity contribution in [1.29, 1.82) is 0 Å². The number of aromatic nitrogens is 1. The molecule has 0 aliphatic carbocycles. The molecule has 0 saturated carbocycles. The molecule has 2 N–H and O–H groups in total. The maximum atomic E-state index is 11.6. The third-order valence-corrected chi connectivity index (χ3v) is 6.34. The smallest absolute Gasteiger partial charge is 0.314 e. The van der Waals surface area contributed by atoms with Crippen LogP contribution in [0.5, 0.6) is 23.1 Å². The highest BCUT2D eigenvalue weighted by Gasteiger charge is 2.20. The van der Waals surface area contributed by atoms with Gasteiger partial charge >= 0.3 is 5.69 Å². The van der Waals surface area contributed by atoms with E-state index in [9.17, 15) is 20.4 Å². The maximum Gasteiger partial charge on any atom is 0.314 e. The molecule has 0 unspecified atom stereocenters. The molecule has 1 heterocycles. The third kappa shape index (κ3) is 8.74. The second-order valence-corrected chi connectivity index (χ2v) is 9.67. The minimum absolute atomic E-state index is 0.0678. The molecule has 3 aromatic carbocycles. The van der Waals surface area contributed by atoms with Crippen molar-refractivity contribution in [3.63, 3.8) is 0 Å². The Kier molecular flexibility index (Phi) is 10.2. The molecule has 4 rings (SSSR count). The Morgan fingerprint density at radius 3 is 2.39 bits per heavy atom. The first-order valence-corrected chi connectivity index (χ1v) is 13.2. The fourth-order valence-electron chi connectivity index (χ4n) is 4.06. The Labute approximate surface area is 238 Å². The molecular weight excluding hydrogens is 526 g/mol. The number of pyridine rings is 1. The average molecular weight is 560 g/mol. The van der Waals surface area contributed by atoms with Crippen molar-refractivity contribution >= 4 is 5.69 Å². The summed E-state index contributed by atoms with van der Waals surface area (Å²) in [5.74, 6) is 1.54. The topological polar surface area (TPSA) is 127 Å². The number of aliphatic hydroxyl groups excluding tert-OH is 1. The van der Waals surface area contributed by atoms with Gasteiger partial charge in [-0.05, 0) is 61.7 Å². The zero-order valence-corrected chi connectivity index (χ0v) is 22.9. The van der Waals surface area contributed by atoms with Crippen LogP contribution in [0.3, 0.4) is 0 Å². The minimum atomic E-state index is -1.03. The number of nitro groups is 1. The lowest BCUT2D eigenvalue weighted by Gasteiger charge is -2.25. The van der Waals surface area contributed by atoms with Gasteiger partial charge in [0, 0.05) is 17.8 Å². The lowest BCUT2D eigenvalue weighted by atomic mass is 10.1. The van der Waals surface area contributed by atoms with Gasteiger partial charge in [-0.1, -0.05) is 48.5 Å². The zero-order valence-electron chi connectivity index (χ0n) is 22.9. The van der Waals surface area contributed by atoms with Gasteiger partial charge in [0.2, 0.25) is 5.88 Å². The van der Waals surface area contributed by atoms with Crippen molar-refractivity contribution in [2.24, 2.45) is 0 Å². The molecule has 0 saturated heterocycles. The van der Waals surface area contributed by atoms with Crippen LogP contribution in [-0.2, 0) is 13.0 Å². The Balaban J connectivity index is 1.25. The first-order chi connectivity index (χ1) is 19.8. The van der Waals surface area contributed by atoms with Gasteiger partial charge in [-0.15, -0.1) is 0 Å². The summed E-state index contributed by atoms with van der Waals surface area (Å²) in [5, 5.41) is 33.6. The third-order valence-electron chi connectivity index (χ3n) is 6.34. The fraction of sp³-hybridized carbons (Fsp3) is 0.258. The molecule has 1 aromatic heterocycles. The predicted molar refractivity (Wildman–Crippen MR) is 153 cm³/mol. The van der Waals surface area contributed by atoms with Crippen molar-refractivity contribution in [3.8, 4) is 23.1 Å². The number of hydroxylamine groups is 2. The molecule has 0 aliphatic heterocycles. The second kappa shape index (κ2) is 14.2. The Hall–Kier alpha value is -4.51. The highest BCUT2D eigenvalue weighted by molar-refractivity contribution is 5.51. The zero-order chi connectivity index (χ0) is 29.2. The molecule has 0 fully saturated rings. The molecule has 41 heavy (non-hydrogen) atoms. The van der Waals surface area contributed by atoms with Gasteiger partial charge < -0.3 is 24.5 Å². The molecule has 0 spiro atoms. The number of nitrogens with zero attached hydrogens (tertiary/aromatic N) is 3. The van der Waals surface area contributed by atoms with Crippen LogP contribution in [-0.4, -0.2) is 50.6 Å². The highest BCUT2D eigenvalue weighted by Crippen LogP contribution is 2.32. The van der Waals surface area contributed by atoms with Crippen LogP contribution < -0.4 is 14.2 Å². The molecule has 214 valence electrons. The van der Waals surface area contributed by atoms with Crippen molar-refractivity contribution in [1.82, 2.24) is 10.0 Å². The summed E-state index contributed by atoms with van der Waals surface area (Å²) in [6.07, 6.45) is 1.17. The highest BCUT2D eigenvalue weighted by atomic mass is 16.6. The number of ether oxygens (including phenoxy) is 3. The van der Waals surface area contributed by atoms with Crippen LogP contribution in [0.25, 0.3) is 0 Å². The minimum Gasteiger partial charge on any atom is -0.491 e. The number of rotatable bonds is 14. The lowest BCUT2D eigenvalue weighted by Crippen LogP contribution is -2.39. The van der Waals surface area contributed by atoms with Gasteiger partial charge in [-0.25, -0.2) is 4.98 Å². The van der Waals surface area contributed by atoms with Gasteiger partial charge in [0.1, 0.15) is 30.8 Å². The van der Waals surface area contributed by atoms with E-state index in [0.717, 1.165) is 21.8 Å². The summed E-state index contributed by atoms with van der Waals surface area (Å²) < 4.78 is 17.0. The molecule has 10 nitrogen and oxygen atoms in total. The Morgan fingerprint density at radius 2 is 1.68 bits per heavy atom. The summed E-state index contributed by atoms with van der Waals surface area (Å²) >= 11 is 0. The summed E-state index contributed by atoms with van der Waals surface area (Å²) in [4.78, 5) is 15.3. The number of benzene rings is 3. The fourth-order valence-corrected chi connectivity index (χ4v) is 4.06. The molecule has 0 radical (unpaired) electrons. The summed E-state index contributed by atoms with van der Waals surface area (Å²) in [7, 11) is 0. The molecule has 2 atom stereocenters. The van der Waals surface area contributed by atoms with E-state index in [-0.39, 0.29) is 43.0 Å². The Morgan fingerprint density at radius 1 is 0.951 bits per heavy atom. The van der Waals surface area contributed by atoms with Crippen LogP contribution in [0.2, 0.25) is 0 Å². The van der Waals surface area contributed by atoms with E-state index in [1.807, 2.05) is 80.6 Å². The molecular formula is C31H33N3O7. The molecule has 0 aliphatic rings. The number of hydrogen-bond donors (Lipinski definition) is 2. The number of aryl methyl sites for hydroxylation is 1. The monoisotopic (exact) mass is 559 g/mol. The largest absolute Gasteiger partial charge is 0.491 e. The van der Waals surface area contributed by atoms with Gasteiger partial charge in [-0.2, -0.15) is 5.06 Å². The molecule has 0 bridgehead atoms. The maximum absolute atomic E-state index is 11.6. The van der Waals surface area contributed by atoms with Crippen LogP contribution in [0.1, 0.15) is 23.6 Å². The number of hydrogen-bond acceptors (Lipinski definition) is 9. The van der Waals surface area contributed by atoms with Crippen molar-refractivity contribution in [3.05, 3.63) is 118 Å². The second-order valence-electron chi connectivity index (χ2n) is 9.67. The quantitative estimate of drug-likeness (QED) is 0.147. The van der Waals surface area contributed by atoms with Gasteiger partial charge in [0.05, 0.1) is 17.5 Å². The van der Waals surface area contributed by atoms with Crippen LogP contribution in [0.4, 0.5) is 5.69 Å². The van der Waals surface area contributed by atoms with Gasteiger partial charge in [0.25, 0.3) is 0 Å². The van der Waals surface area contributed by atoms with Crippen molar-refractivity contribution < 1.29 is 29.4 Å². The van der Waals surface area contributed by atoms with E-state index in [2.05, 4.69) is 4.98 Å². The molecule has 0 amide bonds. The average Bonchev–Trinajstić information content (AvgIpc) is 2.97. The molecule has 4 aromatic rings. The van der Waals surface area contributed by atoms with E-state index in [4.69, 9.17) is 14.2 Å².